The van der Waals surface area contributed by atoms with Crippen molar-refractivity contribution in [3.05, 3.63) is 24.3 Å². The van der Waals surface area contributed by atoms with E-state index in [1.807, 2.05) is 7.05 Å². The van der Waals surface area contributed by atoms with Crippen molar-refractivity contribution >= 4 is 11.4 Å². The second-order valence-electron chi connectivity index (χ2n) is 4.46. The van der Waals surface area contributed by atoms with E-state index < -0.39 is 0 Å². The molecule has 2 N–H and O–H groups in total. The van der Waals surface area contributed by atoms with Crippen molar-refractivity contribution < 1.29 is 0 Å². The van der Waals surface area contributed by atoms with Crippen molar-refractivity contribution in [2.24, 2.45) is 0 Å². The molecule has 1 heterocycles. The summed E-state index contributed by atoms with van der Waals surface area (Å²) in [5.74, 6) is 0. The number of benzene rings is 1. The molecule has 3 heteroatoms. The summed E-state index contributed by atoms with van der Waals surface area (Å²) in [6.45, 7) is 6.44. The third-order valence-electron chi connectivity index (χ3n) is 2.90. The molecular formula is C12H19N3. The molecule has 0 saturated heterocycles. The molecule has 0 atom stereocenters. The van der Waals surface area contributed by atoms with E-state index in [2.05, 4.69) is 53.6 Å². The predicted octanol–water partition coefficient (Wildman–Crippen LogP) is 1.87. The molecule has 0 amide bonds. The standard InChI is InChI=1S/C12H19N3/c1-12(2)14-10-6-4-5-7-11(10)15(12)9-8-13-3/h4-7,13-14H,8-9H2,1-3H3. The van der Waals surface area contributed by atoms with E-state index in [4.69, 9.17) is 0 Å². The monoisotopic (exact) mass is 205 g/mol. The minimum Gasteiger partial charge on any atom is -0.361 e. The zero-order valence-corrected chi connectivity index (χ0v) is 9.67. The summed E-state index contributed by atoms with van der Waals surface area (Å²) in [6, 6.07) is 8.47. The number of anilines is 2. The maximum Gasteiger partial charge on any atom is 0.105 e. The first-order valence-electron chi connectivity index (χ1n) is 5.44. The Morgan fingerprint density at radius 1 is 1.33 bits per heavy atom. The van der Waals surface area contributed by atoms with Crippen molar-refractivity contribution in [2.45, 2.75) is 19.5 Å². The highest BCUT2D eigenvalue weighted by molar-refractivity contribution is 5.77. The minimum atomic E-state index is 0.0144. The lowest BCUT2D eigenvalue weighted by Crippen LogP contribution is -2.47. The van der Waals surface area contributed by atoms with E-state index in [0.717, 1.165) is 13.1 Å². The van der Waals surface area contributed by atoms with Crippen LogP contribution < -0.4 is 15.5 Å². The Morgan fingerprint density at radius 2 is 2.07 bits per heavy atom. The van der Waals surface area contributed by atoms with Crippen LogP contribution in [0.3, 0.4) is 0 Å². The fourth-order valence-electron chi connectivity index (χ4n) is 2.14. The number of nitrogens with zero attached hydrogens (tertiary/aromatic N) is 1. The highest BCUT2D eigenvalue weighted by Gasteiger charge is 2.34. The fraction of sp³-hybridized carbons (Fsp3) is 0.500. The molecule has 1 aromatic rings. The van der Waals surface area contributed by atoms with Crippen LogP contribution in [0.4, 0.5) is 11.4 Å². The summed E-state index contributed by atoms with van der Waals surface area (Å²) in [5.41, 5.74) is 2.55. The summed E-state index contributed by atoms with van der Waals surface area (Å²) in [4.78, 5) is 2.40. The van der Waals surface area contributed by atoms with E-state index in [9.17, 15) is 0 Å². The van der Waals surface area contributed by atoms with Gasteiger partial charge >= 0.3 is 0 Å². The van der Waals surface area contributed by atoms with Crippen LogP contribution in [-0.4, -0.2) is 25.8 Å². The molecule has 3 nitrogen and oxygen atoms in total. The predicted molar refractivity (Wildman–Crippen MR) is 65.4 cm³/mol. The molecule has 0 bridgehead atoms. The molecule has 0 spiro atoms. The van der Waals surface area contributed by atoms with Crippen molar-refractivity contribution in [1.82, 2.24) is 5.32 Å². The van der Waals surface area contributed by atoms with Gasteiger partial charge in [0, 0.05) is 13.1 Å². The number of para-hydroxylation sites is 2. The number of rotatable bonds is 3. The molecule has 15 heavy (non-hydrogen) atoms. The summed E-state index contributed by atoms with van der Waals surface area (Å²) in [6.07, 6.45) is 0. The molecule has 0 saturated carbocycles. The van der Waals surface area contributed by atoms with Gasteiger partial charge in [0.05, 0.1) is 11.4 Å². The normalized spacial score (nSPS) is 17.4. The third-order valence-corrected chi connectivity index (χ3v) is 2.90. The largest absolute Gasteiger partial charge is 0.361 e. The molecule has 1 aliphatic heterocycles. The van der Waals surface area contributed by atoms with Gasteiger partial charge in [-0.15, -0.1) is 0 Å². The average Bonchev–Trinajstić information content (AvgIpc) is 2.45. The lowest BCUT2D eigenvalue weighted by molar-refractivity contribution is 0.533. The van der Waals surface area contributed by atoms with Crippen LogP contribution in [0.5, 0.6) is 0 Å². The van der Waals surface area contributed by atoms with Crippen LogP contribution >= 0.6 is 0 Å². The van der Waals surface area contributed by atoms with Gasteiger partial charge in [0.15, 0.2) is 0 Å². The Labute approximate surface area is 91.5 Å². The highest BCUT2D eigenvalue weighted by Crippen LogP contribution is 2.38. The number of hydrogen-bond donors (Lipinski definition) is 2. The van der Waals surface area contributed by atoms with Gasteiger partial charge in [0.1, 0.15) is 5.66 Å². The Hall–Kier alpha value is -1.22. The maximum atomic E-state index is 3.53. The molecule has 2 rings (SSSR count). The van der Waals surface area contributed by atoms with Gasteiger partial charge in [0.2, 0.25) is 0 Å². The Morgan fingerprint density at radius 3 is 2.80 bits per heavy atom. The first-order valence-corrected chi connectivity index (χ1v) is 5.44. The topological polar surface area (TPSA) is 27.3 Å². The van der Waals surface area contributed by atoms with Crippen LogP contribution in [0.25, 0.3) is 0 Å². The lowest BCUT2D eigenvalue weighted by Gasteiger charge is -2.33. The van der Waals surface area contributed by atoms with Gasteiger partial charge < -0.3 is 15.5 Å². The van der Waals surface area contributed by atoms with Gasteiger partial charge in [-0.2, -0.15) is 0 Å². The van der Waals surface area contributed by atoms with E-state index >= 15 is 0 Å². The van der Waals surface area contributed by atoms with Crippen LogP contribution in [0, 0.1) is 0 Å². The molecule has 1 aliphatic rings. The maximum absolute atomic E-state index is 3.53. The lowest BCUT2D eigenvalue weighted by atomic mass is 10.2. The van der Waals surface area contributed by atoms with Crippen molar-refractivity contribution in [3.8, 4) is 0 Å². The molecule has 1 aromatic carbocycles. The second-order valence-corrected chi connectivity index (χ2v) is 4.46. The quantitative estimate of drug-likeness (QED) is 0.789. The van der Waals surface area contributed by atoms with Crippen LogP contribution in [0.1, 0.15) is 13.8 Å². The number of fused-ring (bicyclic) bond motifs is 1. The van der Waals surface area contributed by atoms with Crippen molar-refractivity contribution in [1.29, 1.82) is 0 Å². The first-order chi connectivity index (χ1) is 7.15. The number of likely N-dealkylation sites (N-methyl/N-ethyl adjacent to an activating group) is 1. The van der Waals surface area contributed by atoms with Gasteiger partial charge in [0.25, 0.3) is 0 Å². The smallest absolute Gasteiger partial charge is 0.105 e. The van der Waals surface area contributed by atoms with Gasteiger partial charge in [-0.3, -0.25) is 0 Å². The van der Waals surface area contributed by atoms with E-state index in [0.29, 0.717) is 0 Å². The molecule has 0 aromatic heterocycles. The van der Waals surface area contributed by atoms with Crippen LogP contribution in [-0.2, 0) is 0 Å². The molecule has 82 valence electrons. The molecule has 0 aliphatic carbocycles. The van der Waals surface area contributed by atoms with Crippen LogP contribution in [0.15, 0.2) is 24.3 Å². The average molecular weight is 205 g/mol. The van der Waals surface area contributed by atoms with Gasteiger partial charge in [-0.05, 0) is 33.0 Å². The Bertz CT molecular complexity index is 346. The summed E-state index contributed by atoms with van der Waals surface area (Å²) in [5, 5.41) is 6.72. The SMILES string of the molecule is CNCCN1c2ccccc2NC1(C)C. The van der Waals surface area contributed by atoms with Crippen LogP contribution in [0.2, 0.25) is 0 Å². The zero-order valence-electron chi connectivity index (χ0n) is 9.67. The Kier molecular flexibility index (Phi) is 2.57. The minimum absolute atomic E-state index is 0.0144. The summed E-state index contributed by atoms with van der Waals surface area (Å²) >= 11 is 0. The summed E-state index contributed by atoms with van der Waals surface area (Å²) < 4.78 is 0. The number of hydrogen-bond acceptors (Lipinski definition) is 3. The van der Waals surface area contributed by atoms with Crippen molar-refractivity contribution in [3.63, 3.8) is 0 Å². The zero-order chi connectivity index (χ0) is 10.9. The Balaban J connectivity index is 2.26. The molecule has 0 unspecified atom stereocenters. The molecule has 0 radical (unpaired) electrons. The van der Waals surface area contributed by atoms with E-state index in [1.165, 1.54) is 11.4 Å². The summed E-state index contributed by atoms with van der Waals surface area (Å²) in [7, 11) is 1.99. The number of nitrogens with one attached hydrogen (secondary N) is 2. The van der Waals surface area contributed by atoms with Gasteiger partial charge in [-0.25, -0.2) is 0 Å². The second kappa shape index (κ2) is 3.74. The van der Waals surface area contributed by atoms with E-state index in [1.54, 1.807) is 0 Å². The third kappa shape index (κ3) is 1.79. The molecule has 0 fully saturated rings. The van der Waals surface area contributed by atoms with Crippen molar-refractivity contribution in [2.75, 3.05) is 30.4 Å². The fourth-order valence-corrected chi connectivity index (χ4v) is 2.14. The highest BCUT2D eigenvalue weighted by atomic mass is 15.4. The first kappa shape index (κ1) is 10.3. The van der Waals surface area contributed by atoms with E-state index in [-0.39, 0.29) is 5.66 Å². The van der Waals surface area contributed by atoms with Gasteiger partial charge in [-0.1, -0.05) is 12.1 Å². The molecular weight excluding hydrogens is 186 g/mol.